The SMILES string of the molecule is COC(=O)C1=C(Nc2ccc(Cl)c(C(F)(F)F)c2Cl)C(=O)N(CCO)C1. The molecule has 1 aromatic rings. The van der Waals surface area contributed by atoms with Gasteiger partial charge in [-0.1, -0.05) is 23.2 Å². The molecule has 0 saturated heterocycles. The van der Waals surface area contributed by atoms with E-state index in [-0.39, 0.29) is 36.7 Å². The number of amides is 1. The lowest BCUT2D eigenvalue weighted by atomic mass is 10.1. The Balaban J connectivity index is 2.48. The van der Waals surface area contributed by atoms with E-state index >= 15 is 0 Å². The average molecular weight is 413 g/mol. The largest absolute Gasteiger partial charge is 0.466 e. The number of benzene rings is 1. The molecule has 0 spiro atoms. The van der Waals surface area contributed by atoms with Gasteiger partial charge in [0.15, 0.2) is 0 Å². The Kier molecular flexibility index (Phi) is 6.05. The molecule has 11 heteroatoms. The minimum absolute atomic E-state index is 0.0628. The molecule has 2 rings (SSSR count). The molecule has 1 heterocycles. The van der Waals surface area contributed by atoms with E-state index in [9.17, 15) is 22.8 Å². The fourth-order valence-corrected chi connectivity index (χ4v) is 3.02. The van der Waals surface area contributed by atoms with Crippen LogP contribution in [-0.2, 0) is 20.5 Å². The fourth-order valence-electron chi connectivity index (χ4n) is 2.39. The third kappa shape index (κ3) is 3.89. The van der Waals surface area contributed by atoms with Crippen molar-refractivity contribution in [1.82, 2.24) is 4.90 Å². The first-order valence-electron chi connectivity index (χ1n) is 7.15. The van der Waals surface area contributed by atoms with Gasteiger partial charge in [-0.15, -0.1) is 0 Å². The Bertz CT molecular complexity index is 781. The van der Waals surface area contributed by atoms with Gasteiger partial charge in [-0.3, -0.25) is 4.79 Å². The maximum Gasteiger partial charge on any atom is 0.419 e. The summed E-state index contributed by atoms with van der Waals surface area (Å²) < 4.78 is 43.9. The summed E-state index contributed by atoms with van der Waals surface area (Å²) in [4.78, 5) is 25.4. The fraction of sp³-hybridized carbons (Fsp3) is 0.333. The van der Waals surface area contributed by atoms with Gasteiger partial charge in [0.2, 0.25) is 0 Å². The summed E-state index contributed by atoms with van der Waals surface area (Å²) in [6.07, 6.45) is -4.81. The standard InChI is InChI=1S/C15H13Cl2F3N2O4/c1-26-14(25)7-6-22(4-5-23)13(24)12(7)21-9-3-2-8(16)10(11(9)17)15(18,19)20/h2-3,21,23H,4-6H2,1H3. The van der Waals surface area contributed by atoms with E-state index in [1.807, 2.05) is 0 Å². The Hall–Kier alpha value is -1.97. The summed E-state index contributed by atoms with van der Waals surface area (Å²) in [7, 11) is 1.10. The van der Waals surface area contributed by atoms with Crippen LogP contribution >= 0.6 is 23.2 Å². The van der Waals surface area contributed by atoms with Crippen LogP contribution in [0.15, 0.2) is 23.4 Å². The molecular formula is C15H13Cl2F3N2O4. The second-order valence-corrected chi connectivity index (χ2v) is 5.99. The van der Waals surface area contributed by atoms with Gasteiger partial charge in [0.1, 0.15) is 5.70 Å². The quantitative estimate of drug-likeness (QED) is 0.726. The van der Waals surface area contributed by atoms with Crippen LogP contribution in [-0.4, -0.2) is 48.7 Å². The molecule has 2 N–H and O–H groups in total. The van der Waals surface area contributed by atoms with Gasteiger partial charge < -0.3 is 20.1 Å². The number of β-amino-alcohol motifs (C(OH)–C–C–N with tert-alkyl or cyclic N) is 1. The molecular weight excluding hydrogens is 400 g/mol. The lowest BCUT2D eigenvalue weighted by molar-refractivity contribution is -0.137. The molecule has 6 nitrogen and oxygen atoms in total. The van der Waals surface area contributed by atoms with Gasteiger partial charge in [0.05, 0.1) is 47.1 Å². The van der Waals surface area contributed by atoms with E-state index in [1.54, 1.807) is 0 Å². The third-order valence-electron chi connectivity index (χ3n) is 3.59. The minimum atomic E-state index is -4.81. The number of ether oxygens (including phenoxy) is 1. The van der Waals surface area contributed by atoms with Crippen molar-refractivity contribution in [3.63, 3.8) is 0 Å². The maximum atomic E-state index is 13.1. The van der Waals surface area contributed by atoms with Gasteiger partial charge in [-0.2, -0.15) is 13.2 Å². The zero-order chi connectivity index (χ0) is 19.6. The van der Waals surface area contributed by atoms with Gasteiger partial charge in [-0.05, 0) is 12.1 Å². The third-order valence-corrected chi connectivity index (χ3v) is 4.30. The highest BCUT2D eigenvalue weighted by molar-refractivity contribution is 6.38. The lowest BCUT2D eigenvalue weighted by Gasteiger charge is -2.17. The van der Waals surface area contributed by atoms with E-state index in [4.69, 9.17) is 28.3 Å². The van der Waals surface area contributed by atoms with Crippen LogP contribution < -0.4 is 5.32 Å². The average Bonchev–Trinajstić information content (AvgIpc) is 2.85. The van der Waals surface area contributed by atoms with Gasteiger partial charge in [0, 0.05) is 6.54 Å². The predicted octanol–water partition coefficient (Wildman–Crippen LogP) is 2.69. The van der Waals surface area contributed by atoms with E-state index < -0.39 is 33.7 Å². The highest BCUT2D eigenvalue weighted by Gasteiger charge is 2.38. The molecule has 0 fully saturated rings. The Morgan fingerprint density at radius 3 is 2.58 bits per heavy atom. The first-order valence-corrected chi connectivity index (χ1v) is 7.91. The molecule has 1 aromatic carbocycles. The number of rotatable bonds is 5. The summed E-state index contributed by atoms with van der Waals surface area (Å²) in [6.45, 7) is -0.578. The Labute approximate surface area is 156 Å². The molecule has 1 amide bonds. The van der Waals surface area contributed by atoms with Gasteiger partial charge in [-0.25, -0.2) is 4.79 Å². The molecule has 0 aromatic heterocycles. The molecule has 0 radical (unpaired) electrons. The lowest BCUT2D eigenvalue weighted by Crippen LogP contribution is -2.31. The van der Waals surface area contributed by atoms with Crippen LogP contribution in [0.2, 0.25) is 10.0 Å². The molecule has 1 aliphatic heterocycles. The van der Waals surface area contributed by atoms with E-state index in [1.165, 1.54) is 0 Å². The summed E-state index contributed by atoms with van der Waals surface area (Å²) in [5.41, 5.74) is -1.88. The number of carbonyl (C=O) groups is 2. The number of carbonyl (C=O) groups excluding carboxylic acids is 2. The van der Waals surface area contributed by atoms with Crippen LogP contribution in [0.25, 0.3) is 0 Å². The highest BCUT2D eigenvalue weighted by Crippen LogP contribution is 2.43. The van der Waals surface area contributed by atoms with Crippen molar-refractivity contribution in [3.8, 4) is 0 Å². The van der Waals surface area contributed by atoms with Crippen LogP contribution in [0, 0.1) is 0 Å². The zero-order valence-electron chi connectivity index (χ0n) is 13.3. The van der Waals surface area contributed by atoms with Gasteiger partial charge in [0.25, 0.3) is 5.91 Å². The molecule has 0 unspecified atom stereocenters. The number of aliphatic hydroxyl groups is 1. The zero-order valence-corrected chi connectivity index (χ0v) is 14.8. The number of nitrogens with one attached hydrogen (secondary N) is 1. The first kappa shape index (κ1) is 20.3. The highest BCUT2D eigenvalue weighted by atomic mass is 35.5. The number of alkyl halides is 3. The molecule has 26 heavy (non-hydrogen) atoms. The second-order valence-electron chi connectivity index (χ2n) is 5.20. The number of anilines is 1. The van der Waals surface area contributed by atoms with Crippen molar-refractivity contribution >= 4 is 40.8 Å². The summed E-state index contributed by atoms with van der Waals surface area (Å²) in [5.74, 6) is -1.51. The van der Waals surface area contributed by atoms with E-state index in [0.717, 1.165) is 24.1 Å². The smallest absolute Gasteiger partial charge is 0.419 e. The number of aliphatic hydroxyl groups excluding tert-OH is 1. The Morgan fingerprint density at radius 1 is 1.38 bits per heavy atom. The maximum absolute atomic E-state index is 13.1. The van der Waals surface area contributed by atoms with Crippen LogP contribution in [0.3, 0.4) is 0 Å². The number of hydrogen-bond donors (Lipinski definition) is 2. The number of nitrogens with zero attached hydrogens (tertiary/aromatic N) is 1. The van der Waals surface area contributed by atoms with Crippen molar-refractivity contribution in [1.29, 1.82) is 0 Å². The summed E-state index contributed by atoms with van der Waals surface area (Å²) in [6, 6.07) is 2.13. The number of methoxy groups -OCH3 is 1. The van der Waals surface area contributed by atoms with Crippen molar-refractivity contribution < 1.29 is 32.6 Å². The predicted molar refractivity (Wildman–Crippen MR) is 87.8 cm³/mol. The van der Waals surface area contributed by atoms with Crippen LogP contribution in [0.1, 0.15) is 5.56 Å². The van der Waals surface area contributed by atoms with Crippen molar-refractivity contribution in [2.75, 3.05) is 32.1 Å². The Morgan fingerprint density at radius 2 is 2.04 bits per heavy atom. The first-order chi connectivity index (χ1) is 12.1. The summed E-state index contributed by atoms with van der Waals surface area (Å²) >= 11 is 11.4. The number of hydrogen-bond acceptors (Lipinski definition) is 5. The van der Waals surface area contributed by atoms with E-state index in [2.05, 4.69) is 10.1 Å². The number of halogens is 5. The van der Waals surface area contributed by atoms with Crippen molar-refractivity contribution in [2.45, 2.75) is 6.18 Å². The molecule has 1 aliphatic rings. The topological polar surface area (TPSA) is 78.9 Å². The van der Waals surface area contributed by atoms with Crippen molar-refractivity contribution in [2.24, 2.45) is 0 Å². The molecule has 142 valence electrons. The molecule has 0 bridgehead atoms. The molecule has 0 aliphatic carbocycles. The second kappa shape index (κ2) is 7.73. The van der Waals surface area contributed by atoms with Crippen LogP contribution in [0.4, 0.5) is 18.9 Å². The van der Waals surface area contributed by atoms with Crippen molar-refractivity contribution in [3.05, 3.63) is 39.0 Å². The van der Waals surface area contributed by atoms with Gasteiger partial charge >= 0.3 is 12.1 Å². The normalized spacial score (nSPS) is 14.9. The monoisotopic (exact) mass is 412 g/mol. The minimum Gasteiger partial charge on any atom is -0.466 e. The van der Waals surface area contributed by atoms with Crippen LogP contribution in [0.5, 0.6) is 0 Å². The number of esters is 1. The summed E-state index contributed by atoms with van der Waals surface area (Å²) in [5, 5.41) is 10.1. The van der Waals surface area contributed by atoms with E-state index in [0.29, 0.717) is 0 Å². The molecule has 0 atom stereocenters. The molecule has 0 saturated carbocycles.